The zero-order valence-electron chi connectivity index (χ0n) is 20.0. The number of nitrogens with two attached hydrogens (primary N) is 1. The number of carbonyl (C=O) groups excluding carboxylic acids is 1. The number of aromatic nitrogens is 2. The second-order valence-electron chi connectivity index (χ2n) is 9.66. The van der Waals surface area contributed by atoms with E-state index in [0.29, 0.717) is 49.6 Å². The Bertz CT molecular complexity index is 908. The molecule has 2 fully saturated rings. The third kappa shape index (κ3) is 7.10. The van der Waals surface area contributed by atoms with Crippen LogP contribution in [0.1, 0.15) is 61.0 Å². The summed E-state index contributed by atoms with van der Waals surface area (Å²) in [5, 5.41) is 2.82. The number of hydrogen-bond donors (Lipinski definition) is 2. The fraction of sp³-hybridized carbons (Fsp3) is 0.708. The molecule has 0 saturated carbocycles. The van der Waals surface area contributed by atoms with E-state index in [9.17, 15) is 18.0 Å². The Morgan fingerprint density at radius 2 is 1.94 bits per heavy atom. The van der Waals surface area contributed by atoms with Gasteiger partial charge in [-0.3, -0.25) is 4.79 Å². The Labute approximate surface area is 208 Å². The van der Waals surface area contributed by atoms with Crippen molar-refractivity contribution in [2.45, 2.75) is 80.9 Å². The zero-order valence-corrected chi connectivity index (χ0v) is 20.8. The fourth-order valence-electron chi connectivity index (χ4n) is 5.10. The van der Waals surface area contributed by atoms with Crippen LogP contribution in [-0.2, 0) is 4.74 Å². The number of halogens is 3. The van der Waals surface area contributed by atoms with Crippen LogP contribution in [0, 0.1) is 12.8 Å². The summed E-state index contributed by atoms with van der Waals surface area (Å²) in [5.41, 5.74) is 2.86. The second-order valence-corrected chi connectivity index (χ2v) is 11.0. The highest BCUT2D eigenvalue weighted by molar-refractivity contribution is 8.00. The Kier molecular flexibility index (Phi) is 8.59. The highest BCUT2D eigenvalue weighted by atomic mass is 32.2. The minimum absolute atomic E-state index is 0.0118. The van der Waals surface area contributed by atoms with Crippen molar-refractivity contribution in [3.05, 3.63) is 29.7 Å². The van der Waals surface area contributed by atoms with E-state index < -0.39 is 10.8 Å². The van der Waals surface area contributed by atoms with E-state index in [1.165, 1.54) is 6.33 Å². The number of piperidine rings is 1. The first-order valence-corrected chi connectivity index (χ1v) is 13.3. The highest BCUT2D eigenvalue weighted by Crippen LogP contribution is 2.40. The van der Waals surface area contributed by atoms with E-state index >= 15 is 0 Å². The van der Waals surface area contributed by atoms with E-state index in [1.54, 1.807) is 11.0 Å². The van der Waals surface area contributed by atoms with E-state index in [1.807, 2.05) is 13.0 Å². The predicted molar refractivity (Wildman–Crippen MR) is 130 cm³/mol. The third-order valence-electron chi connectivity index (χ3n) is 7.11. The summed E-state index contributed by atoms with van der Waals surface area (Å²) in [7, 11) is 0. The first-order chi connectivity index (χ1) is 16.7. The number of alkyl halides is 3. The molecular weight excluding hydrogens is 479 g/mol. The Hall–Kier alpha value is -1.85. The quantitative estimate of drug-likeness (QED) is 0.548. The number of nitrogens with zero attached hydrogens (tertiary/aromatic N) is 3. The summed E-state index contributed by atoms with van der Waals surface area (Å²) in [4.78, 5) is 23.4. The van der Waals surface area contributed by atoms with Gasteiger partial charge in [-0.05, 0) is 63.6 Å². The monoisotopic (exact) mass is 513 g/mol. The molecule has 0 radical (unpaired) electrons. The molecule has 1 amide bonds. The standard InChI is InChI=1S/C24H34F3N5O2S/c1-15-21(23(33)32-11-9-17(28)10-12-32)30-14-31-22(15)29-13-18-3-2-4-20(34-18)16-5-7-19(8-6-16)35-24(25,26)27/h5,7,14,16-20H,2-4,6,8-13,28H2,1H3,(H,29,30,31)/t16?,18-,19?,20+/m1/s1. The lowest BCUT2D eigenvalue weighted by Crippen LogP contribution is -2.43. The Balaban J connectivity index is 1.31. The van der Waals surface area contributed by atoms with Gasteiger partial charge in [0, 0.05) is 42.4 Å². The van der Waals surface area contributed by atoms with Crippen LogP contribution in [0.15, 0.2) is 18.5 Å². The summed E-state index contributed by atoms with van der Waals surface area (Å²) in [5.74, 6) is 0.665. The maximum absolute atomic E-state index is 13.0. The topological polar surface area (TPSA) is 93.4 Å². The second kappa shape index (κ2) is 11.5. The van der Waals surface area contributed by atoms with Crippen molar-refractivity contribution in [3.8, 4) is 0 Å². The number of anilines is 1. The molecule has 3 heterocycles. The maximum atomic E-state index is 13.0. The normalized spacial score (nSPS) is 28.2. The van der Waals surface area contributed by atoms with Crippen molar-refractivity contribution in [2.24, 2.45) is 11.7 Å². The molecule has 3 N–H and O–H groups in total. The number of rotatable bonds is 6. The summed E-state index contributed by atoms with van der Waals surface area (Å²) in [6, 6.07) is 0.145. The molecule has 4 rings (SSSR count). The number of hydrogen-bond acceptors (Lipinski definition) is 7. The zero-order chi connectivity index (χ0) is 25.0. The molecule has 2 unspecified atom stereocenters. The van der Waals surface area contributed by atoms with E-state index in [-0.39, 0.29) is 41.8 Å². The molecule has 1 aromatic rings. The predicted octanol–water partition coefficient (Wildman–Crippen LogP) is 4.29. The number of thioether (sulfide) groups is 1. The number of amides is 1. The molecule has 1 aromatic heterocycles. The van der Waals surface area contributed by atoms with Crippen molar-refractivity contribution in [3.63, 3.8) is 0 Å². The van der Waals surface area contributed by atoms with Gasteiger partial charge in [0.1, 0.15) is 17.8 Å². The largest absolute Gasteiger partial charge is 0.442 e. The van der Waals surface area contributed by atoms with Gasteiger partial charge in [-0.25, -0.2) is 9.97 Å². The van der Waals surface area contributed by atoms with E-state index in [2.05, 4.69) is 15.3 Å². The molecule has 3 aliphatic rings. The van der Waals surface area contributed by atoms with Gasteiger partial charge in [-0.2, -0.15) is 13.2 Å². The van der Waals surface area contributed by atoms with Gasteiger partial charge in [0.25, 0.3) is 5.91 Å². The number of carbonyl (C=O) groups is 1. The highest BCUT2D eigenvalue weighted by Gasteiger charge is 2.35. The van der Waals surface area contributed by atoms with Crippen LogP contribution < -0.4 is 11.1 Å². The first-order valence-electron chi connectivity index (χ1n) is 12.4. The van der Waals surface area contributed by atoms with Crippen LogP contribution in [0.25, 0.3) is 0 Å². The van der Waals surface area contributed by atoms with Crippen molar-refractivity contribution in [1.29, 1.82) is 0 Å². The molecule has 0 spiro atoms. The molecule has 2 aliphatic heterocycles. The summed E-state index contributed by atoms with van der Waals surface area (Å²) in [6.45, 7) is 3.66. The van der Waals surface area contributed by atoms with Gasteiger partial charge >= 0.3 is 5.51 Å². The summed E-state index contributed by atoms with van der Waals surface area (Å²) in [6.07, 6.45) is 10.6. The molecule has 11 heteroatoms. The van der Waals surface area contributed by atoms with Crippen LogP contribution in [-0.4, -0.2) is 69.4 Å². The summed E-state index contributed by atoms with van der Waals surface area (Å²) < 4.78 is 44.2. The van der Waals surface area contributed by atoms with Crippen LogP contribution >= 0.6 is 11.8 Å². The third-order valence-corrected chi connectivity index (χ3v) is 8.08. The molecule has 7 nitrogen and oxygen atoms in total. The first kappa shape index (κ1) is 26.2. The Morgan fingerprint density at radius 1 is 1.17 bits per heavy atom. The number of likely N-dealkylation sites (tertiary alicyclic amines) is 1. The van der Waals surface area contributed by atoms with E-state index in [4.69, 9.17) is 10.5 Å². The minimum atomic E-state index is -4.20. The minimum Gasteiger partial charge on any atom is -0.373 e. The van der Waals surface area contributed by atoms with Gasteiger partial charge in [0.05, 0.1) is 12.2 Å². The molecule has 4 atom stereocenters. The van der Waals surface area contributed by atoms with Crippen LogP contribution in [0.3, 0.4) is 0 Å². The van der Waals surface area contributed by atoms with Gasteiger partial charge in [0.2, 0.25) is 0 Å². The average molecular weight is 514 g/mol. The van der Waals surface area contributed by atoms with Gasteiger partial charge in [-0.1, -0.05) is 12.2 Å². The maximum Gasteiger partial charge on any atom is 0.442 e. The molecule has 0 aromatic carbocycles. The lowest BCUT2D eigenvalue weighted by molar-refractivity contribution is -0.0640. The molecular formula is C24H34F3N5O2S. The van der Waals surface area contributed by atoms with Crippen LogP contribution in [0.4, 0.5) is 19.0 Å². The molecule has 194 valence electrons. The summed E-state index contributed by atoms with van der Waals surface area (Å²) >= 11 is 0.0639. The van der Waals surface area contributed by atoms with Crippen molar-refractivity contribution >= 4 is 23.5 Å². The smallest absolute Gasteiger partial charge is 0.373 e. The van der Waals surface area contributed by atoms with Crippen molar-refractivity contribution in [2.75, 3.05) is 25.0 Å². The molecule has 0 bridgehead atoms. The molecule has 35 heavy (non-hydrogen) atoms. The SMILES string of the molecule is Cc1c(NC[C@H]2CCC[C@@H](C3C=CC(SC(F)(F)F)CC3)O2)ncnc1C(=O)N1CCC(N)CC1. The lowest BCUT2D eigenvalue weighted by atomic mass is 9.86. The average Bonchev–Trinajstić information content (AvgIpc) is 2.83. The van der Waals surface area contributed by atoms with Crippen molar-refractivity contribution < 1.29 is 22.7 Å². The van der Waals surface area contributed by atoms with Crippen LogP contribution in [0.5, 0.6) is 0 Å². The van der Waals surface area contributed by atoms with Gasteiger partial charge in [0.15, 0.2) is 0 Å². The number of nitrogens with one attached hydrogen (secondary N) is 1. The van der Waals surface area contributed by atoms with Crippen LogP contribution in [0.2, 0.25) is 0 Å². The van der Waals surface area contributed by atoms with E-state index in [0.717, 1.165) is 32.1 Å². The van der Waals surface area contributed by atoms with Crippen molar-refractivity contribution in [1.82, 2.24) is 14.9 Å². The van der Waals surface area contributed by atoms with Gasteiger partial charge < -0.3 is 20.7 Å². The van der Waals surface area contributed by atoms with Gasteiger partial charge in [-0.15, -0.1) is 0 Å². The number of ether oxygens (including phenoxy) is 1. The molecule has 1 aliphatic carbocycles. The lowest BCUT2D eigenvalue weighted by Gasteiger charge is -2.36. The molecule has 2 saturated heterocycles. The Morgan fingerprint density at radius 3 is 2.63 bits per heavy atom. The fourth-order valence-corrected chi connectivity index (χ4v) is 5.86.